The zero-order valence-electron chi connectivity index (χ0n) is 10.3. The quantitative estimate of drug-likeness (QED) is 0.564. The molecule has 0 aromatic heterocycles. The molecule has 0 aliphatic carbocycles. The van der Waals surface area contributed by atoms with Gasteiger partial charge in [-0.1, -0.05) is 6.92 Å². The van der Waals surface area contributed by atoms with Crippen molar-refractivity contribution in [1.29, 1.82) is 0 Å². The fourth-order valence-electron chi connectivity index (χ4n) is 1.39. The van der Waals surface area contributed by atoms with Gasteiger partial charge in [0.05, 0.1) is 13.2 Å². The largest absolute Gasteiger partial charge is 0.466 e. The van der Waals surface area contributed by atoms with Crippen LogP contribution >= 0.6 is 0 Å². The van der Waals surface area contributed by atoms with Crippen LogP contribution in [0.3, 0.4) is 0 Å². The number of carbonyl (C=O) groups excluding carboxylic acids is 2. The van der Waals surface area contributed by atoms with E-state index in [1.54, 1.807) is 0 Å². The summed E-state index contributed by atoms with van der Waals surface area (Å²) in [6.45, 7) is 4.99. The molecule has 0 unspecified atom stereocenters. The van der Waals surface area contributed by atoms with E-state index >= 15 is 0 Å². The third-order valence-corrected chi connectivity index (χ3v) is 2.24. The summed E-state index contributed by atoms with van der Waals surface area (Å²) in [5.41, 5.74) is 0.202. The zero-order valence-corrected chi connectivity index (χ0v) is 10.3. The fraction of sp³-hybridized carbons (Fsp3) is 0.545. The molecule has 1 amide bonds. The Morgan fingerprint density at radius 1 is 1.53 bits per heavy atom. The van der Waals surface area contributed by atoms with E-state index in [1.807, 2.05) is 13.8 Å². The van der Waals surface area contributed by atoms with Gasteiger partial charge in [-0.3, -0.25) is 14.7 Å². The summed E-state index contributed by atoms with van der Waals surface area (Å²) in [4.78, 5) is 28.7. The van der Waals surface area contributed by atoms with E-state index in [0.29, 0.717) is 19.0 Å². The molecule has 0 saturated carbocycles. The normalized spacial score (nSPS) is 19.9. The van der Waals surface area contributed by atoms with Crippen LogP contribution in [0.1, 0.15) is 20.3 Å². The minimum Gasteiger partial charge on any atom is -0.466 e. The average molecular weight is 239 g/mol. The van der Waals surface area contributed by atoms with E-state index in [0.717, 1.165) is 12.5 Å². The number of amides is 1. The van der Waals surface area contributed by atoms with Crippen molar-refractivity contribution in [3.8, 4) is 0 Å². The Morgan fingerprint density at radius 2 is 2.24 bits per heavy atom. The highest BCUT2D eigenvalue weighted by molar-refractivity contribution is 6.15. The van der Waals surface area contributed by atoms with Crippen molar-refractivity contribution >= 4 is 17.8 Å². The molecule has 0 radical (unpaired) electrons. The first-order chi connectivity index (χ1) is 8.13. The molecular weight excluding hydrogens is 222 g/mol. The summed E-state index contributed by atoms with van der Waals surface area (Å²) in [6.07, 6.45) is 2.03. The number of likely N-dealkylation sites (N-methyl/N-ethyl adjacent to an activating group) is 1. The molecule has 1 N–H and O–H groups in total. The van der Waals surface area contributed by atoms with Crippen LogP contribution in [-0.2, 0) is 14.3 Å². The lowest BCUT2D eigenvalue weighted by Crippen LogP contribution is -2.32. The molecule has 0 bridgehead atoms. The smallest absolute Gasteiger partial charge is 0.332 e. The molecule has 1 rings (SSSR count). The monoisotopic (exact) mass is 239 g/mol. The minimum absolute atomic E-state index is 0.202. The Labute approximate surface area is 100 Å². The summed E-state index contributed by atoms with van der Waals surface area (Å²) in [6, 6.07) is 0. The summed E-state index contributed by atoms with van der Waals surface area (Å²) < 4.78 is 4.48. The van der Waals surface area contributed by atoms with Crippen molar-refractivity contribution in [3.05, 3.63) is 11.8 Å². The zero-order chi connectivity index (χ0) is 12.8. The number of nitrogens with one attached hydrogen (secondary N) is 1. The molecule has 17 heavy (non-hydrogen) atoms. The van der Waals surface area contributed by atoms with Gasteiger partial charge in [0.25, 0.3) is 5.91 Å². The molecular formula is C11H17N3O3. The second kappa shape index (κ2) is 6.03. The van der Waals surface area contributed by atoms with Gasteiger partial charge in [-0.2, -0.15) is 0 Å². The highest BCUT2D eigenvalue weighted by atomic mass is 16.5. The van der Waals surface area contributed by atoms with Crippen molar-refractivity contribution in [2.45, 2.75) is 20.3 Å². The van der Waals surface area contributed by atoms with E-state index in [4.69, 9.17) is 0 Å². The molecule has 1 fully saturated rings. The molecule has 1 saturated heterocycles. The van der Waals surface area contributed by atoms with Crippen molar-refractivity contribution < 1.29 is 14.3 Å². The lowest BCUT2D eigenvalue weighted by molar-refractivity contribution is -0.135. The van der Waals surface area contributed by atoms with Gasteiger partial charge >= 0.3 is 5.97 Å². The third-order valence-electron chi connectivity index (χ3n) is 2.24. The van der Waals surface area contributed by atoms with Gasteiger partial charge in [0.15, 0.2) is 0 Å². The van der Waals surface area contributed by atoms with Crippen molar-refractivity contribution in [3.63, 3.8) is 0 Å². The molecule has 6 nitrogen and oxygen atoms in total. The number of nitrogens with zero attached hydrogens (tertiary/aromatic N) is 2. The molecule has 0 aromatic carbocycles. The van der Waals surface area contributed by atoms with Crippen LogP contribution in [0, 0.1) is 0 Å². The molecule has 1 heterocycles. The number of guanidine groups is 1. The lowest BCUT2D eigenvalue weighted by atomic mass is 10.4. The average Bonchev–Trinajstić information content (AvgIpc) is 2.62. The first-order valence-corrected chi connectivity index (χ1v) is 5.57. The Bertz CT molecular complexity index is 374. The van der Waals surface area contributed by atoms with E-state index in [2.05, 4.69) is 15.0 Å². The van der Waals surface area contributed by atoms with E-state index in [9.17, 15) is 9.59 Å². The van der Waals surface area contributed by atoms with Gasteiger partial charge in [0.2, 0.25) is 5.96 Å². The number of hydrogen-bond acceptors (Lipinski definition) is 4. The van der Waals surface area contributed by atoms with E-state index in [-0.39, 0.29) is 11.6 Å². The number of ether oxygens (including phenoxy) is 1. The molecule has 1 aliphatic rings. The van der Waals surface area contributed by atoms with Crippen molar-refractivity contribution in [2.75, 3.05) is 20.2 Å². The first kappa shape index (κ1) is 13.2. The maximum Gasteiger partial charge on any atom is 0.332 e. The Balaban J connectivity index is 2.90. The molecule has 1 aliphatic heterocycles. The lowest BCUT2D eigenvalue weighted by Gasteiger charge is -2.11. The maximum absolute atomic E-state index is 11.9. The van der Waals surface area contributed by atoms with Crippen molar-refractivity contribution in [2.24, 2.45) is 4.99 Å². The standard InChI is InChI=1S/C11H17N3O3/c1-4-6-12-11-13-8(7-9(15)17-3)10(16)14(11)5-2/h7H,4-6H2,1-3H3,(H,12,13)/b8-7-. The Morgan fingerprint density at radius 3 is 2.76 bits per heavy atom. The van der Waals surface area contributed by atoms with Gasteiger partial charge in [0, 0.05) is 13.1 Å². The Kier molecular flexibility index (Phi) is 4.68. The molecule has 94 valence electrons. The predicted octanol–water partition coefficient (Wildman–Crippen LogP) is 0.261. The van der Waals surface area contributed by atoms with Crippen LogP contribution in [-0.4, -0.2) is 42.9 Å². The van der Waals surface area contributed by atoms with Gasteiger partial charge in [-0.05, 0) is 13.3 Å². The topological polar surface area (TPSA) is 71.0 Å². The molecule has 6 heteroatoms. The van der Waals surface area contributed by atoms with Crippen LogP contribution in [0.25, 0.3) is 0 Å². The molecule has 0 aromatic rings. The molecule has 0 spiro atoms. The minimum atomic E-state index is -0.561. The predicted molar refractivity (Wildman–Crippen MR) is 63.2 cm³/mol. The van der Waals surface area contributed by atoms with Gasteiger partial charge in [-0.15, -0.1) is 0 Å². The Hall–Kier alpha value is -1.85. The number of aliphatic imine (C=N–C) groups is 1. The summed E-state index contributed by atoms with van der Waals surface area (Å²) >= 11 is 0. The van der Waals surface area contributed by atoms with Crippen LogP contribution in [0.2, 0.25) is 0 Å². The van der Waals surface area contributed by atoms with Crippen LogP contribution < -0.4 is 5.32 Å². The molecule has 0 atom stereocenters. The maximum atomic E-state index is 11.9. The van der Waals surface area contributed by atoms with Crippen molar-refractivity contribution in [1.82, 2.24) is 10.2 Å². The van der Waals surface area contributed by atoms with Crippen LogP contribution in [0.15, 0.2) is 16.8 Å². The second-order valence-corrected chi connectivity index (χ2v) is 3.46. The second-order valence-electron chi connectivity index (χ2n) is 3.46. The third kappa shape index (κ3) is 3.05. The number of rotatable bonds is 4. The number of carbonyl (C=O) groups is 2. The van der Waals surface area contributed by atoms with Gasteiger partial charge < -0.3 is 10.1 Å². The number of hydrogen-bond donors (Lipinski definition) is 1. The van der Waals surface area contributed by atoms with Gasteiger partial charge in [-0.25, -0.2) is 4.79 Å². The summed E-state index contributed by atoms with van der Waals surface area (Å²) in [5.74, 6) is -0.323. The summed E-state index contributed by atoms with van der Waals surface area (Å²) in [5, 5.41) is 2.83. The van der Waals surface area contributed by atoms with Gasteiger partial charge in [0.1, 0.15) is 5.70 Å². The SMILES string of the molecule is CCCN=C1N/C(=C\C(=O)OC)C(=O)N1CC. The van der Waals surface area contributed by atoms with E-state index < -0.39 is 5.97 Å². The fourth-order valence-corrected chi connectivity index (χ4v) is 1.39. The highest BCUT2D eigenvalue weighted by Gasteiger charge is 2.31. The summed E-state index contributed by atoms with van der Waals surface area (Å²) in [7, 11) is 1.27. The van der Waals surface area contributed by atoms with Crippen LogP contribution in [0.4, 0.5) is 0 Å². The van der Waals surface area contributed by atoms with E-state index in [1.165, 1.54) is 12.0 Å². The van der Waals surface area contributed by atoms with Crippen LogP contribution in [0.5, 0.6) is 0 Å². The highest BCUT2D eigenvalue weighted by Crippen LogP contribution is 2.09. The number of esters is 1. The first-order valence-electron chi connectivity index (χ1n) is 5.57. The number of methoxy groups -OCH3 is 1.